The number of hydrogen-bond acceptors (Lipinski definition) is 3. The molecule has 0 aliphatic carbocycles. The maximum absolute atomic E-state index is 12.7. The maximum Gasteiger partial charge on any atom is 0.408 e. The van der Waals surface area contributed by atoms with Crippen molar-refractivity contribution in [2.24, 2.45) is 5.92 Å². The molecule has 0 bridgehead atoms. The van der Waals surface area contributed by atoms with Crippen molar-refractivity contribution in [3.05, 3.63) is 36.0 Å². The SMILES string of the molecule is CC(C)CCNC(=O)C(Cc1c[nH]c2ccccc12)NC(=O)OC(C)(C)C. The number of amides is 2. The zero-order valence-corrected chi connectivity index (χ0v) is 16.9. The van der Waals surface area contributed by atoms with Crippen LogP contribution in [0.15, 0.2) is 30.5 Å². The highest BCUT2D eigenvalue weighted by Gasteiger charge is 2.25. The molecule has 1 aromatic carbocycles. The zero-order chi connectivity index (χ0) is 20.0. The summed E-state index contributed by atoms with van der Waals surface area (Å²) in [7, 11) is 0. The second-order valence-corrected chi connectivity index (χ2v) is 8.24. The third-order valence-electron chi connectivity index (χ3n) is 4.13. The average Bonchev–Trinajstić information content (AvgIpc) is 2.95. The van der Waals surface area contributed by atoms with Gasteiger partial charge in [0.15, 0.2) is 0 Å². The molecule has 1 unspecified atom stereocenters. The predicted octanol–water partition coefficient (Wildman–Crippen LogP) is 3.77. The average molecular weight is 373 g/mol. The second-order valence-electron chi connectivity index (χ2n) is 8.24. The van der Waals surface area contributed by atoms with E-state index in [-0.39, 0.29) is 5.91 Å². The molecular weight excluding hydrogens is 342 g/mol. The molecule has 0 radical (unpaired) electrons. The first-order valence-corrected chi connectivity index (χ1v) is 9.48. The number of ether oxygens (including phenoxy) is 1. The first kappa shape index (κ1) is 20.8. The van der Waals surface area contributed by atoms with Crippen LogP contribution in [0.2, 0.25) is 0 Å². The highest BCUT2D eigenvalue weighted by Crippen LogP contribution is 2.19. The van der Waals surface area contributed by atoms with Crippen molar-refractivity contribution in [2.45, 2.75) is 59.1 Å². The van der Waals surface area contributed by atoms with Crippen LogP contribution in [0.1, 0.15) is 46.6 Å². The Morgan fingerprint density at radius 3 is 2.56 bits per heavy atom. The van der Waals surface area contributed by atoms with Crippen molar-refractivity contribution >= 4 is 22.9 Å². The lowest BCUT2D eigenvalue weighted by atomic mass is 10.0. The van der Waals surface area contributed by atoms with Gasteiger partial charge in [0, 0.05) is 30.1 Å². The minimum absolute atomic E-state index is 0.202. The van der Waals surface area contributed by atoms with E-state index in [9.17, 15) is 9.59 Å². The normalized spacial score (nSPS) is 12.8. The largest absolute Gasteiger partial charge is 0.444 e. The van der Waals surface area contributed by atoms with Gasteiger partial charge >= 0.3 is 6.09 Å². The van der Waals surface area contributed by atoms with Gasteiger partial charge in [-0.2, -0.15) is 0 Å². The van der Waals surface area contributed by atoms with Gasteiger partial charge in [0.2, 0.25) is 5.91 Å². The van der Waals surface area contributed by atoms with Crippen molar-refractivity contribution in [1.29, 1.82) is 0 Å². The minimum atomic E-state index is -0.703. The number of carbonyl (C=O) groups excluding carboxylic acids is 2. The molecule has 0 saturated carbocycles. The molecule has 1 atom stereocenters. The molecule has 6 nitrogen and oxygen atoms in total. The highest BCUT2D eigenvalue weighted by atomic mass is 16.6. The maximum atomic E-state index is 12.7. The molecule has 1 heterocycles. The first-order chi connectivity index (χ1) is 12.7. The molecule has 2 aromatic rings. The van der Waals surface area contributed by atoms with Crippen LogP contribution < -0.4 is 10.6 Å². The summed E-state index contributed by atoms with van der Waals surface area (Å²) in [5, 5.41) is 6.70. The van der Waals surface area contributed by atoms with Gasteiger partial charge in [0.1, 0.15) is 11.6 Å². The number of nitrogens with one attached hydrogen (secondary N) is 3. The third-order valence-corrected chi connectivity index (χ3v) is 4.13. The standard InChI is InChI=1S/C21H31N3O3/c1-14(2)10-11-22-19(25)18(24-20(26)27-21(3,4)5)12-15-13-23-17-9-7-6-8-16(15)17/h6-9,13-14,18,23H,10-12H2,1-5H3,(H,22,25)(H,24,26). The van der Waals surface area contributed by atoms with E-state index in [1.54, 1.807) is 20.8 Å². The van der Waals surface area contributed by atoms with Gasteiger partial charge in [0.25, 0.3) is 0 Å². The van der Waals surface area contributed by atoms with Crippen LogP contribution in [0.5, 0.6) is 0 Å². The number of benzene rings is 1. The van der Waals surface area contributed by atoms with E-state index in [0.29, 0.717) is 18.9 Å². The quantitative estimate of drug-likeness (QED) is 0.691. The summed E-state index contributed by atoms with van der Waals surface area (Å²) < 4.78 is 5.33. The van der Waals surface area contributed by atoms with Crippen molar-refractivity contribution < 1.29 is 14.3 Å². The Morgan fingerprint density at radius 2 is 1.89 bits per heavy atom. The van der Waals surface area contributed by atoms with Gasteiger partial charge in [-0.1, -0.05) is 32.0 Å². The minimum Gasteiger partial charge on any atom is -0.444 e. The fraction of sp³-hybridized carbons (Fsp3) is 0.524. The summed E-state index contributed by atoms with van der Waals surface area (Å²) >= 11 is 0. The number of hydrogen-bond donors (Lipinski definition) is 3. The number of rotatable bonds is 7. The van der Waals surface area contributed by atoms with Crippen LogP contribution in [0, 0.1) is 5.92 Å². The predicted molar refractivity (Wildman–Crippen MR) is 108 cm³/mol. The van der Waals surface area contributed by atoms with E-state index in [1.807, 2.05) is 30.5 Å². The first-order valence-electron chi connectivity index (χ1n) is 9.48. The lowest BCUT2D eigenvalue weighted by Crippen LogP contribution is -2.49. The van der Waals surface area contributed by atoms with Gasteiger partial charge in [-0.05, 0) is 44.7 Å². The Bertz CT molecular complexity index is 774. The number of carbonyl (C=O) groups is 2. The fourth-order valence-electron chi connectivity index (χ4n) is 2.79. The molecule has 0 aliphatic heterocycles. The molecule has 0 aliphatic rings. The topological polar surface area (TPSA) is 83.2 Å². The Kier molecular flexibility index (Phi) is 6.88. The fourth-order valence-corrected chi connectivity index (χ4v) is 2.79. The number of aromatic nitrogens is 1. The number of H-pyrrole nitrogens is 1. The molecular formula is C21H31N3O3. The number of para-hydroxylation sites is 1. The van der Waals surface area contributed by atoms with Crippen LogP contribution in [0.25, 0.3) is 10.9 Å². The van der Waals surface area contributed by atoms with Crippen molar-refractivity contribution in [2.75, 3.05) is 6.54 Å². The summed E-state index contributed by atoms with van der Waals surface area (Å²) in [5.41, 5.74) is 1.36. The molecule has 2 rings (SSSR count). The summed E-state index contributed by atoms with van der Waals surface area (Å²) in [6, 6.07) is 7.20. The molecule has 0 spiro atoms. The van der Waals surface area contributed by atoms with E-state index < -0.39 is 17.7 Å². The summed E-state index contributed by atoms with van der Waals surface area (Å²) in [6.07, 6.45) is 2.57. The van der Waals surface area contributed by atoms with E-state index >= 15 is 0 Å². The second kappa shape index (κ2) is 8.93. The van der Waals surface area contributed by atoms with Crippen molar-refractivity contribution in [1.82, 2.24) is 15.6 Å². The summed E-state index contributed by atoms with van der Waals surface area (Å²) in [4.78, 5) is 28.1. The van der Waals surface area contributed by atoms with Gasteiger partial charge in [-0.25, -0.2) is 4.79 Å². The number of fused-ring (bicyclic) bond motifs is 1. The Balaban J connectivity index is 2.13. The van der Waals surface area contributed by atoms with Crippen LogP contribution in [-0.4, -0.2) is 35.2 Å². The van der Waals surface area contributed by atoms with E-state index in [2.05, 4.69) is 29.5 Å². The smallest absolute Gasteiger partial charge is 0.408 e. The molecule has 3 N–H and O–H groups in total. The van der Waals surface area contributed by atoms with Gasteiger partial charge in [-0.15, -0.1) is 0 Å². The van der Waals surface area contributed by atoms with Crippen LogP contribution in [0.4, 0.5) is 4.79 Å². The van der Waals surface area contributed by atoms with Crippen LogP contribution >= 0.6 is 0 Å². The summed E-state index contributed by atoms with van der Waals surface area (Å²) in [6.45, 7) is 10.2. The lowest BCUT2D eigenvalue weighted by Gasteiger charge is -2.23. The van der Waals surface area contributed by atoms with Gasteiger partial charge in [0.05, 0.1) is 0 Å². The highest BCUT2D eigenvalue weighted by molar-refractivity contribution is 5.88. The molecule has 0 fully saturated rings. The molecule has 1 aromatic heterocycles. The summed E-state index contributed by atoms with van der Waals surface area (Å²) in [5.74, 6) is 0.294. The molecule has 0 saturated heterocycles. The molecule has 148 valence electrons. The Hall–Kier alpha value is -2.50. The van der Waals surface area contributed by atoms with Crippen LogP contribution in [0.3, 0.4) is 0 Å². The molecule has 2 amide bonds. The van der Waals surface area contributed by atoms with Crippen molar-refractivity contribution in [3.8, 4) is 0 Å². The molecule has 6 heteroatoms. The van der Waals surface area contributed by atoms with E-state index in [4.69, 9.17) is 4.74 Å². The molecule has 27 heavy (non-hydrogen) atoms. The monoisotopic (exact) mass is 373 g/mol. The number of aromatic amines is 1. The van der Waals surface area contributed by atoms with Gasteiger partial charge in [-0.3, -0.25) is 4.79 Å². The van der Waals surface area contributed by atoms with E-state index in [1.165, 1.54) is 0 Å². The lowest BCUT2D eigenvalue weighted by molar-refractivity contribution is -0.123. The van der Waals surface area contributed by atoms with Gasteiger partial charge < -0.3 is 20.4 Å². The van der Waals surface area contributed by atoms with Crippen molar-refractivity contribution in [3.63, 3.8) is 0 Å². The third kappa shape index (κ3) is 6.62. The Morgan fingerprint density at radius 1 is 1.19 bits per heavy atom. The van der Waals surface area contributed by atoms with E-state index in [0.717, 1.165) is 22.9 Å². The Labute approximate surface area is 161 Å². The van der Waals surface area contributed by atoms with Crippen LogP contribution in [-0.2, 0) is 16.0 Å². The zero-order valence-electron chi connectivity index (χ0n) is 16.9. The number of alkyl carbamates (subject to hydrolysis) is 1.